The maximum absolute atomic E-state index is 10.6. The van der Waals surface area contributed by atoms with E-state index in [1.165, 1.54) is 0 Å². The molecule has 3 atom stereocenters. The van der Waals surface area contributed by atoms with Crippen LogP contribution in [0.3, 0.4) is 0 Å². The summed E-state index contributed by atoms with van der Waals surface area (Å²) < 4.78 is 0. The number of nitrogens with one attached hydrogen (secondary N) is 2. The SMILES string of the molecule is C[C@H]1C[C@@H]2NC(=O)N[C@@H]21. The van der Waals surface area contributed by atoms with Gasteiger partial charge in [0.15, 0.2) is 0 Å². The van der Waals surface area contributed by atoms with Crippen LogP contribution in [0, 0.1) is 5.92 Å². The third-order valence-corrected chi connectivity index (χ3v) is 2.29. The van der Waals surface area contributed by atoms with Crippen LogP contribution in [-0.4, -0.2) is 18.1 Å². The first-order valence-electron chi connectivity index (χ1n) is 3.34. The second kappa shape index (κ2) is 1.40. The van der Waals surface area contributed by atoms with Crippen LogP contribution in [0.25, 0.3) is 0 Å². The minimum Gasteiger partial charge on any atom is -0.333 e. The van der Waals surface area contributed by atoms with Crippen LogP contribution >= 0.6 is 0 Å². The van der Waals surface area contributed by atoms with Crippen molar-refractivity contribution >= 4 is 6.03 Å². The molecule has 3 heteroatoms. The number of rotatable bonds is 0. The van der Waals surface area contributed by atoms with Gasteiger partial charge in [-0.15, -0.1) is 0 Å². The third-order valence-electron chi connectivity index (χ3n) is 2.29. The van der Waals surface area contributed by atoms with E-state index in [-0.39, 0.29) is 6.03 Å². The van der Waals surface area contributed by atoms with Crippen LogP contribution in [0.1, 0.15) is 13.3 Å². The predicted molar refractivity (Wildman–Crippen MR) is 33.0 cm³/mol. The van der Waals surface area contributed by atoms with Crippen molar-refractivity contribution in [2.24, 2.45) is 5.92 Å². The van der Waals surface area contributed by atoms with E-state index >= 15 is 0 Å². The summed E-state index contributed by atoms with van der Waals surface area (Å²) in [6, 6.07) is 0.874. The zero-order chi connectivity index (χ0) is 6.43. The maximum Gasteiger partial charge on any atom is 0.315 e. The molecule has 1 aliphatic heterocycles. The lowest BCUT2D eigenvalue weighted by Gasteiger charge is -2.35. The lowest BCUT2D eigenvalue weighted by atomic mass is 9.77. The molecule has 0 aromatic carbocycles. The molecule has 0 radical (unpaired) electrons. The van der Waals surface area contributed by atoms with Crippen LogP contribution in [-0.2, 0) is 0 Å². The molecule has 1 aliphatic carbocycles. The Balaban J connectivity index is 2.08. The van der Waals surface area contributed by atoms with Gasteiger partial charge >= 0.3 is 6.03 Å². The fourth-order valence-corrected chi connectivity index (χ4v) is 1.65. The Morgan fingerprint density at radius 3 is 2.78 bits per heavy atom. The summed E-state index contributed by atoms with van der Waals surface area (Å²) >= 11 is 0. The van der Waals surface area contributed by atoms with Crippen molar-refractivity contribution in [3.05, 3.63) is 0 Å². The molecule has 2 N–H and O–H groups in total. The van der Waals surface area contributed by atoms with Gasteiger partial charge < -0.3 is 10.6 Å². The van der Waals surface area contributed by atoms with Crippen LogP contribution in [0.2, 0.25) is 0 Å². The molecule has 9 heavy (non-hydrogen) atoms. The van der Waals surface area contributed by atoms with Crippen LogP contribution in [0.5, 0.6) is 0 Å². The molecule has 50 valence electrons. The molecular formula is C6H10N2O. The van der Waals surface area contributed by atoms with E-state index in [0.29, 0.717) is 18.0 Å². The van der Waals surface area contributed by atoms with Gasteiger partial charge in [-0.1, -0.05) is 6.92 Å². The highest BCUT2D eigenvalue weighted by Crippen LogP contribution is 2.29. The van der Waals surface area contributed by atoms with E-state index in [1.54, 1.807) is 0 Å². The van der Waals surface area contributed by atoms with E-state index in [0.717, 1.165) is 6.42 Å². The van der Waals surface area contributed by atoms with Crippen molar-refractivity contribution in [2.75, 3.05) is 0 Å². The standard InChI is InChI=1S/C6H10N2O/c1-3-2-4-5(3)8-6(9)7-4/h3-5H,2H2,1H3,(H2,7,8,9)/t3-,4-,5+/m0/s1. The van der Waals surface area contributed by atoms with Crippen molar-refractivity contribution in [3.63, 3.8) is 0 Å². The molecule has 1 heterocycles. The van der Waals surface area contributed by atoms with Gasteiger partial charge in [0.2, 0.25) is 0 Å². The van der Waals surface area contributed by atoms with Crippen LogP contribution < -0.4 is 10.6 Å². The molecule has 0 bridgehead atoms. The fraction of sp³-hybridized carbons (Fsp3) is 0.833. The smallest absolute Gasteiger partial charge is 0.315 e. The largest absolute Gasteiger partial charge is 0.333 e. The molecule has 1 saturated carbocycles. The number of hydrogen-bond acceptors (Lipinski definition) is 1. The molecule has 0 spiro atoms. The summed E-state index contributed by atoms with van der Waals surface area (Å²) in [5.41, 5.74) is 0. The van der Waals surface area contributed by atoms with Gasteiger partial charge in [0.1, 0.15) is 0 Å². The molecule has 2 amide bonds. The Labute approximate surface area is 53.8 Å². The summed E-state index contributed by atoms with van der Waals surface area (Å²) in [5, 5.41) is 5.69. The van der Waals surface area contributed by atoms with Crippen molar-refractivity contribution < 1.29 is 4.79 Å². The predicted octanol–water partition coefficient (Wildman–Crippen LogP) is 0.0762. The van der Waals surface area contributed by atoms with E-state index in [2.05, 4.69) is 17.6 Å². The highest BCUT2D eigenvalue weighted by atomic mass is 16.2. The van der Waals surface area contributed by atoms with Crippen molar-refractivity contribution in [3.8, 4) is 0 Å². The van der Waals surface area contributed by atoms with E-state index in [4.69, 9.17) is 0 Å². The van der Waals surface area contributed by atoms with Gasteiger partial charge in [-0.2, -0.15) is 0 Å². The molecule has 0 aromatic heterocycles. The van der Waals surface area contributed by atoms with Crippen molar-refractivity contribution in [1.29, 1.82) is 0 Å². The molecule has 0 unspecified atom stereocenters. The molecule has 0 aromatic rings. The Morgan fingerprint density at radius 1 is 1.56 bits per heavy atom. The molecule has 1 saturated heterocycles. The summed E-state index contributed by atoms with van der Waals surface area (Å²) in [7, 11) is 0. The summed E-state index contributed by atoms with van der Waals surface area (Å²) in [6.07, 6.45) is 1.14. The quantitative estimate of drug-likeness (QED) is 0.474. The van der Waals surface area contributed by atoms with Gasteiger partial charge in [0.05, 0.1) is 12.1 Å². The number of carbonyl (C=O) groups excluding carboxylic acids is 1. The summed E-state index contributed by atoms with van der Waals surface area (Å²) in [6.45, 7) is 2.16. The first-order valence-corrected chi connectivity index (χ1v) is 3.34. The van der Waals surface area contributed by atoms with Gasteiger partial charge in [-0.05, 0) is 12.3 Å². The topological polar surface area (TPSA) is 41.1 Å². The lowest BCUT2D eigenvalue weighted by molar-refractivity contribution is 0.223. The average molecular weight is 126 g/mol. The fourth-order valence-electron chi connectivity index (χ4n) is 1.65. The van der Waals surface area contributed by atoms with E-state index in [9.17, 15) is 4.79 Å². The van der Waals surface area contributed by atoms with Crippen LogP contribution in [0.15, 0.2) is 0 Å². The zero-order valence-corrected chi connectivity index (χ0v) is 5.35. The monoisotopic (exact) mass is 126 g/mol. The molecule has 2 aliphatic rings. The second-order valence-corrected chi connectivity index (χ2v) is 2.96. The number of fused-ring (bicyclic) bond motifs is 1. The second-order valence-electron chi connectivity index (χ2n) is 2.96. The minimum absolute atomic E-state index is 0.00866. The van der Waals surface area contributed by atoms with E-state index < -0.39 is 0 Å². The first-order chi connectivity index (χ1) is 4.27. The number of amides is 2. The zero-order valence-electron chi connectivity index (χ0n) is 5.35. The number of carbonyl (C=O) groups is 1. The molecule has 2 fully saturated rings. The van der Waals surface area contributed by atoms with Gasteiger partial charge in [0.25, 0.3) is 0 Å². The number of hydrogen-bond donors (Lipinski definition) is 2. The minimum atomic E-state index is 0.00866. The Kier molecular flexibility index (Phi) is 0.793. The summed E-state index contributed by atoms with van der Waals surface area (Å²) in [4.78, 5) is 10.6. The molecule has 3 nitrogen and oxygen atoms in total. The Hall–Kier alpha value is -0.730. The Bertz CT molecular complexity index is 157. The highest BCUT2D eigenvalue weighted by Gasteiger charge is 2.44. The normalized spacial score (nSPS) is 46.8. The van der Waals surface area contributed by atoms with Gasteiger partial charge in [0, 0.05) is 0 Å². The van der Waals surface area contributed by atoms with E-state index in [1.807, 2.05) is 0 Å². The van der Waals surface area contributed by atoms with Crippen molar-refractivity contribution in [2.45, 2.75) is 25.4 Å². The highest BCUT2D eigenvalue weighted by molar-refractivity contribution is 5.78. The van der Waals surface area contributed by atoms with Crippen LogP contribution in [0.4, 0.5) is 4.79 Å². The maximum atomic E-state index is 10.6. The van der Waals surface area contributed by atoms with Gasteiger partial charge in [-0.25, -0.2) is 4.79 Å². The Morgan fingerprint density at radius 2 is 2.33 bits per heavy atom. The summed E-state index contributed by atoms with van der Waals surface area (Å²) in [5.74, 6) is 0.675. The van der Waals surface area contributed by atoms with Gasteiger partial charge in [-0.3, -0.25) is 0 Å². The van der Waals surface area contributed by atoms with Crippen molar-refractivity contribution in [1.82, 2.24) is 10.6 Å². The molecule has 2 rings (SSSR count). The first kappa shape index (κ1) is 5.09. The number of urea groups is 1. The molecular weight excluding hydrogens is 116 g/mol. The lowest BCUT2D eigenvalue weighted by Crippen LogP contribution is -2.50. The third kappa shape index (κ3) is 0.544. The average Bonchev–Trinajstić information content (AvgIpc) is 2.08.